The Morgan fingerprint density at radius 3 is 2.20 bits per heavy atom. The average molecular weight is 1060 g/mol. The first-order valence-electron chi connectivity index (χ1n) is 26.1. The van der Waals surface area contributed by atoms with E-state index in [1.165, 1.54) is 21.7 Å². The summed E-state index contributed by atoms with van der Waals surface area (Å²) in [7, 11) is -2.36. The fourth-order valence-corrected chi connectivity index (χ4v) is 12.0. The van der Waals surface area contributed by atoms with Crippen molar-refractivity contribution in [3.05, 3.63) is 102 Å². The number of ether oxygens (including phenoxy) is 1. The van der Waals surface area contributed by atoms with Crippen molar-refractivity contribution in [2.24, 2.45) is 11.8 Å². The SMILES string of the molecule is CCOc1cc(N2CCC(C(=O)N3CCC(CN4CCN(Cc5ccc(-n6c(O)nnc6-c6cc(C(C)C)c(O)cc6O)cc5)CC4)CC3)CC2)ccc1Nc1ncc2c(n1)N(S(C)(=O)=O)c1ccccc1C(=O)N2C. The minimum atomic E-state index is -3.93. The number of piperidine rings is 2. The third-order valence-electron chi connectivity index (χ3n) is 15.2. The number of likely N-dealkylation sites (tertiary alicyclic amines) is 1. The molecule has 0 bridgehead atoms. The number of phenols is 2. The molecular weight excluding hydrogens is 989 g/mol. The van der Waals surface area contributed by atoms with Crippen molar-refractivity contribution in [2.75, 3.05) is 98.2 Å². The second-order valence-electron chi connectivity index (χ2n) is 20.6. The van der Waals surface area contributed by atoms with E-state index in [2.05, 4.69) is 45.1 Å². The number of amides is 2. The van der Waals surface area contributed by atoms with Crippen molar-refractivity contribution < 1.29 is 38.1 Å². The summed E-state index contributed by atoms with van der Waals surface area (Å²) in [5, 5.41) is 43.1. The number of rotatable bonds is 14. The lowest BCUT2D eigenvalue weighted by Gasteiger charge is -2.40. The molecule has 0 aliphatic carbocycles. The molecule has 4 aromatic carbocycles. The number of hydrogen-bond acceptors (Lipinski definition) is 16. The first-order valence-corrected chi connectivity index (χ1v) is 28.0. The van der Waals surface area contributed by atoms with E-state index in [9.17, 15) is 33.3 Å². The average Bonchev–Trinajstić information content (AvgIpc) is 3.76. The molecule has 21 heteroatoms. The summed E-state index contributed by atoms with van der Waals surface area (Å²) in [6.07, 6.45) is 6.04. The van der Waals surface area contributed by atoms with Gasteiger partial charge in [-0.1, -0.05) is 43.2 Å². The molecule has 4 aliphatic rings. The molecule has 6 aromatic rings. The number of piperazine rings is 1. The molecule has 20 nitrogen and oxygen atoms in total. The number of aromatic hydroxyl groups is 3. The molecule has 4 N–H and O–H groups in total. The Hall–Kier alpha value is -7.49. The Kier molecular flexibility index (Phi) is 14.8. The fourth-order valence-electron chi connectivity index (χ4n) is 11.0. The van der Waals surface area contributed by atoms with E-state index in [0.717, 1.165) is 113 Å². The number of nitrogens with zero attached hydrogens (tertiary/aromatic N) is 11. The van der Waals surface area contributed by atoms with Gasteiger partial charge in [-0.3, -0.25) is 14.5 Å². The number of benzene rings is 4. The maximum Gasteiger partial charge on any atom is 0.319 e. The highest BCUT2D eigenvalue weighted by Gasteiger charge is 2.36. The quantitative estimate of drug-likeness (QED) is 0.0856. The van der Waals surface area contributed by atoms with Gasteiger partial charge in [0.15, 0.2) is 11.6 Å². The van der Waals surface area contributed by atoms with Gasteiger partial charge in [0.05, 0.1) is 47.2 Å². The van der Waals surface area contributed by atoms with Gasteiger partial charge in [0, 0.05) is 96.2 Å². The van der Waals surface area contributed by atoms with Crippen LogP contribution in [0.4, 0.5) is 34.5 Å². The third kappa shape index (κ3) is 10.7. The van der Waals surface area contributed by atoms with E-state index < -0.39 is 10.0 Å². The zero-order chi connectivity index (χ0) is 53.4. The summed E-state index contributed by atoms with van der Waals surface area (Å²) in [5.74, 6) is 1.29. The Bertz CT molecular complexity index is 3220. The fraction of sp³-hybridized carbons (Fsp3) is 0.418. The Labute approximate surface area is 443 Å². The number of sulfonamides is 1. The van der Waals surface area contributed by atoms with Crippen molar-refractivity contribution >= 4 is 56.4 Å². The van der Waals surface area contributed by atoms with Crippen LogP contribution >= 0.6 is 0 Å². The molecule has 400 valence electrons. The van der Waals surface area contributed by atoms with Crippen LogP contribution in [-0.2, 0) is 21.4 Å². The largest absolute Gasteiger partial charge is 0.508 e. The lowest BCUT2D eigenvalue weighted by atomic mass is 9.91. The normalized spacial score (nSPS) is 17.2. The predicted octanol–water partition coefficient (Wildman–Crippen LogP) is 7.07. The summed E-state index contributed by atoms with van der Waals surface area (Å²) in [4.78, 5) is 47.2. The smallest absolute Gasteiger partial charge is 0.319 e. The van der Waals surface area contributed by atoms with Gasteiger partial charge < -0.3 is 45.0 Å². The molecule has 6 heterocycles. The first-order chi connectivity index (χ1) is 36.5. The number of nitrogens with one attached hydrogen (secondary N) is 1. The number of hydrogen-bond donors (Lipinski definition) is 4. The summed E-state index contributed by atoms with van der Waals surface area (Å²) in [5.41, 5.74) is 5.05. The number of carbonyl (C=O) groups excluding carboxylic acids is 2. The molecular formula is C55H66N12O8S. The van der Waals surface area contributed by atoms with Crippen LogP contribution < -0.4 is 24.2 Å². The van der Waals surface area contributed by atoms with Gasteiger partial charge >= 0.3 is 6.01 Å². The molecule has 76 heavy (non-hydrogen) atoms. The van der Waals surface area contributed by atoms with Crippen LogP contribution in [0, 0.1) is 11.8 Å². The van der Waals surface area contributed by atoms with E-state index in [0.29, 0.717) is 40.8 Å². The minimum absolute atomic E-state index is 0.00108. The summed E-state index contributed by atoms with van der Waals surface area (Å²) in [6.45, 7) is 15.0. The number of aromatic nitrogens is 5. The van der Waals surface area contributed by atoms with E-state index in [1.807, 2.05) is 63.2 Å². The lowest BCUT2D eigenvalue weighted by molar-refractivity contribution is -0.137. The van der Waals surface area contributed by atoms with Crippen molar-refractivity contribution in [2.45, 2.75) is 58.9 Å². The molecule has 0 spiro atoms. The molecule has 4 aliphatic heterocycles. The molecule has 2 amide bonds. The Morgan fingerprint density at radius 1 is 0.803 bits per heavy atom. The minimum Gasteiger partial charge on any atom is -0.508 e. The van der Waals surface area contributed by atoms with Crippen LogP contribution in [0.5, 0.6) is 23.3 Å². The van der Waals surface area contributed by atoms with Crippen LogP contribution in [0.3, 0.4) is 0 Å². The van der Waals surface area contributed by atoms with Gasteiger partial charge in [-0.05, 0) is 98.0 Å². The lowest BCUT2D eigenvalue weighted by Crippen LogP contribution is -2.49. The van der Waals surface area contributed by atoms with Crippen molar-refractivity contribution in [1.29, 1.82) is 0 Å². The first kappa shape index (κ1) is 52.0. The molecule has 0 atom stereocenters. The van der Waals surface area contributed by atoms with Crippen LogP contribution in [-0.4, -0.2) is 154 Å². The predicted molar refractivity (Wildman–Crippen MR) is 291 cm³/mol. The zero-order valence-electron chi connectivity index (χ0n) is 43.6. The van der Waals surface area contributed by atoms with E-state index in [-0.39, 0.29) is 75.7 Å². The molecule has 3 fully saturated rings. The topological polar surface area (TPSA) is 226 Å². The maximum atomic E-state index is 13.9. The van der Waals surface area contributed by atoms with Crippen LogP contribution in [0.2, 0.25) is 0 Å². The number of para-hydroxylation sites is 1. The monoisotopic (exact) mass is 1050 g/mol. The van der Waals surface area contributed by atoms with Gasteiger partial charge in [0.1, 0.15) is 22.9 Å². The van der Waals surface area contributed by atoms with E-state index >= 15 is 0 Å². The zero-order valence-corrected chi connectivity index (χ0v) is 44.4. The molecule has 0 unspecified atom stereocenters. The van der Waals surface area contributed by atoms with Gasteiger partial charge in [-0.2, -0.15) is 4.98 Å². The number of anilines is 6. The Morgan fingerprint density at radius 2 is 1.50 bits per heavy atom. The molecule has 0 saturated carbocycles. The van der Waals surface area contributed by atoms with Crippen LogP contribution in [0.1, 0.15) is 73.9 Å². The van der Waals surface area contributed by atoms with Crippen molar-refractivity contribution in [1.82, 2.24) is 39.4 Å². The summed E-state index contributed by atoms with van der Waals surface area (Å²) in [6, 6.07) is 23.0. The van der Waals surface area contributed by atoms with Gasteiger partial charge in [0.25, 0.3) is 5.91 Å². The van der Waals surface area contributed by atoms with E-state index in [4.69, 9.17) is 4.74 Å². The maximum absolute atomic E-state index is 13.9. The molecule has 3 saturated heterocycles. The molecule has 2 aromatic heterocycles. The van der Waals surface area contributed by atoms with E-state index in [1.54, 1.807) is 37.4 Å². The highest BCUT2D eigenvalue weighted by atomic mass is 32.2. The van der Waals surface area contributed by atoms with Crippen LogP contribution in [0.25, 0.3) is 17.1 Å². The number of carbonyl (C=O) groups is 2. The van der Waals surface area contributed by atoms with Gasteiger partial charge in [-0.15, -0.1) is 5.10 Å². The number of phenolic OH excluding ortho intramolecular Hbond substituents is 2. The second kappa shape index (κ2) is 21.6. The Balaban J connectivity index is 0.685. The van der Waals surface area contributed by atoms with Crippen molar-refractivity contribution in [3.8, 4) is 40.3 Å². The summed E-state index contributed by atoms with van der Waals surface area (Å²) >= 11 is 0. The van der Waals surface area contributed by atoms with Gasteiger partial charge in [0.2, 0.25) is 21.9 Å². The standard InChI is InChI=1S/C55H66N12O8S/c1-6-75-49-29-40(15-16-44(49)57-54-56-32-46-51(58-54)67(76(5,73)74)45-10-8-7-9-41(45)53(71)61(46)4)64-23-19-38(20-24-64)52(70)65-21-17-37(18-22-65)34-63-27-25-62(26-28-63)33-36-11-13-39(14-12-36)66-50(59-60-55(66)72)43-30-42(35(2)3)47(68)31-48(43)69/h7-16,29-32,35,37-38,68-69H,6,17-28,33-34H2,1-5H3,(H,60,72)(H,56,57,58). The van der Waals surface area contributed by atoms with Crippen molar-refractivity contribution in [3.63, 3.8) is 0 Å². The molecule has 0 radical (unpaired) electrons. The second-order valence-corrected chi connectivity index (χ2v) is 22.4. The molecule has 10 rings (SSSR count). The van der Waals surface area contributed by atoms with Crippen LogP contribution in [0.15, 0.2) is 85.1 Å². The van der Waals surface area contributed by atoms with Gasteiger partial charge in [-0.25, -0.2) is 22.3 Å². The highest BCUT2D eigenvalue weighted by Crippen LogP contribution is 2.43. The number of fused-ring (bicyclic) bond motifs is 2. The highest BCUT2D eigenvalue weighted by molar-refractivity contribution is 7.92. The third-order valence-corrected chi connectivity index (χ3v) is 16.2. The summed E-state index contributed by atoms with van der Waals surface area (Å²) < 4.78 is 35.2.